The van der Waals surface area contributed by atoms with Crippen LogP contribution in [0, 0.1) is 5.82 Å². The molecule has 3 aromatic rings. The Labute approximate surface area is 129 Å². The molecule has 0 aliphatic rings. The minimum atomic E-state index is -1.28. The first-order valence-corrected chi connectivity index (χ1v) is 6.41. The molecule has 0 fully saturated rings. The number of nitrogens with zero attached hydrogens (tertiary/aromatic N) is 5. The van der Waals surface area contributed by atoms with Gasteiger partial charge < -0.3 is 9.84 Å². The van der Waals surface area contributed by atoms with Gasteiger partial charge in [-0.15, -0.1) is 5.10 Å². The Morgan fingerprint density at radius 1 is 1.22 bits per heavy atom. The van der Waals surface area contributed by atoms with Gasteiger partial charge in [0.2, 0.25) is 5.88 Å². The fourth-order valence-corrected chi connectivity index (χ4v) is 1.88. The first-order chi connectivity index (χ1) is 11.1. The number of ether oxygens (including phenoxy) is 1. The van der Waals surface area contributed by atoms with Gasteiger partial charge in [-0.2, -0.15) is 4.98 Å². The molecule has 0 aliphatic carbocycles. The second-order valence-electron chi connectivity index (χ2n) is 4.40. The maximum Gasteiger partial charge on any atom is 0.375 e. The Hall–Kier alpha value is -3.36. The summed E-state index contributed by atoms with van der Waals surface area (Å²) in [6, 6.07) is 5.82. The van der Waals surface area contributed by atoms with Gasteiger partial charge in [-0.1, -0.05) is 0 Å². The third kappa shape index (κ3) is 2.84. The van der Waals surface area contributed by atoms with E-state index in [2.05, 4.69) is 20.1 Å². The van der Waals surface area contributed by atoms with E-state index in [-0.39, 0.29) is 11.5 Å². The van der Waals surface area contributed by atoms with Crippen molar-refractivity contribution in [2.24, 2.45) is 0 Å². The molecule has 0 unspecified atom stereocenters. The maximum absolute atomic E-state index is 13.0. The Balaban J connectivity index is 2.13. The number of rotatable bonds is 4. The van der Waals surface area contributed by atoms with Crippen LogP contribution in [-0.2, 0) is 0 Å². The number of methoxy groups -OCH3 is 1. The lowest BCUT2D eigenvalue weighted by atomic mass is 10.3. The Morgan fingerprint density at radius 3 is 2.61 bits per heavy atom. The summed E-state index contributed by atoms with van der Waals surface area (Å²) >= 11 is 0. The zero-order chi connectivity index (χ0) is 16.4. The summed E-state index contributed by atoms with van der Waals surface area (Å²) in [6.45, 7) is 0. The highest BCUT2D eigenvalue weighted by Gasteiger charge is 2.19. The van der Waals surface area contributed by atoms with Gasteiger partial charge >= 0.3 is 5.97 Å². The summed E-state index contributed by atoms with van der Waals surface area (Å²) in [6.07, 6.45) is 2.47. The third-order valence-corrected chi connectivity index (χ3v) is 2.93. The van der Waals surface area contributed by atoms with Crippen LogP contribution in [0.2, 0.25) is 0 Å². The number of carboxylic acids is 1. The van der Waals surface area contributed by atoms with Gasteiger partial charge in [0.05, 0.1) is 25.2 Å². The van der Waals surface area contributed by atoms with Crippen LogP contribution in [0.3, 0.4) is 0 Å². The predicted molar refractivity (Wildman–Crippen MR) is 75.9 cm³/mol. The summed E-state index contributed by atoms with van der Waals surface area (Å²) in [7, 11) is 1.48. The van der Waals surface area contributed by atoms with Gasteiger partial charge in [0.25, 0.3) is 5.82 Å². The number of carbonyl (C=O) groups is 1. The highest BCUT2D eigenvalue weighted by atomic mass is 19.1. The molecule has 0 saturated carbocycles. The number of halogens is 1. The fraction of sp³-hybridized carbons (Fsp3) is 0.0714. The molecule has 3 rings (SSSR count). The van der Waals surface area contributed by atoms with E-state index in [1.54, 1.807) is 12.1 Å². The van der Waals surface area contributed by atoms with Crippen LogP contribution in [0.25, 0.3) is 17.2 Å². The summed E-state index contributed by atoms with van der Waals surface area (Å²) in [5.74, 6) is -1.64. The highest BCUT2D eigenvalue weighted by molar-refractivity contribution is 5.83. The van der Waals surface area contributed by atoms with Crippen molar-refractivity contribution < 1.29 is 19.0 Å². The van der Waals surface area contributed by atoms with E-state index < -0.39 is 17.6 Å². The van der Waals surface area contributed by atoms with Gasteiger partial charge in [-0.05, 0) is 18.2 Å². The zero-order valence-electron chi connectivity index (χ0n) is 11.8. The highest BCUT2D eigenvalue weighted by Crippen LogP contribution is 2.20. The minimum Gasteiger partial charge on any atom is -0.481 e. The van der Waals surface area contributed by atoms with E-state index in [4.69, 9.17) is 9.84 Å². The molecule has 9 heteroatoms. The van der Waals surface area contributed by atoms with Crippen molar-refractivity contribution in [3.8, 4) is 23.1 Å². The molecule has 0 radical (unpaired) electrons. The van der Waals surface area contributed by atoms with E-state index in [1.165, 1.54) is 30.1 Å². The van der Waals surface area contributed by atoms with E-state index >= 15 is 0 Å². The summed E-state index contributed by atoms with van der Waals surface area (Å²) in [5.41, 5.74) is 0.745. The monoisotopic (exact) mass is 315 g/mol. The van der Waals surface area contributed by atoms with Crippen molar-refractivity contribution in [2.75, 3.05) is 7.11 Å². The molecule has 116 valence electrons. The molecule has 0 aliphatic heterocycles. The molecule has 23 heavy (non-hydrogen) atoms. The molecule has 0 atom stereocenters. The van der Waals surface area contributed by atoms with Crippen molar-refractivity contribution in [2.45, 2.75) is 0 Å². The molecule has 3 heterocycles. The first kappa shape index (κ1) is 14.6. The minimum absolute atomic E-state index is 0.161. The van der Waals surface area contributed by atoms with E-state index in [0.717, 1.165) is 6.20 Å². The zero-order valence-corrected chi connectivity index (χ0v) is 11.8. The molecule has 0 bridgehead atoms. The standard InChI is InChI=1S/C14H10FN5O3/c1-23-11-5-3-9(7-17-11)20-13(18-12(19-20)14(21)22)10-4-2-8(15)6-16-10/h2-7H,1H3,(H,21,22). The first-order valence-electron chi connectivity index (χ1n) is 6.41. The summed E-state index contributed by atoms with van der Waals surface area (Å²) in [5, 5.41) is 13.0. The van der Waals surface area contributed by atoms with Crippen LogP contribution in [0.4, 0.5) is 4.39 Å². The quantitative estimate of drug-likeness (QED) is 0.779. The van der Waals surface area contributed by atoms with Crippen molar-refractivity contribution in [3.63, 3.8) is 0 Å². The Kier molecular flexibility index (Phi) is 3.67. The smallest absolute Gasteiger partial charge is 0.375 e. The summed E-state index contributed by atoms with van der Waals surface area (Å²) < 4.78 is 19.3. The predicted octanol–water partition coefficient (Wildman–Crippen LogP) is 1.57. The van der Waals surface area contributed by atoms with E-state index in [0.29, 0.717) is 11.6 Å². The molecule has 0 amide bonds. The average Bonchev–Trinajstić information content (AvgIpc) is 3.01. The largest absolute Gasteiger partial charge is 0.481 e. The van der Waals surface area contributed by atoms with Crippen molar-refractivity contribution in [1.29, 1.82) is 0 Å². The van der Waals surface area contributed by atoms with E-state index in [9.17, 15) is 9.18 Å². The number of pyridine rings is 2. The molecule has 8 nitrogen and oxygen atoms in total. The van der Waals surface area contributed by atoms with Gasteiger partial charge in [-0.25, -0.2) is 23.8 Å². The van der Waals surface area contributed by atoms with Crippen LogP contribution in [0.1, 0.15) is 10.6 Å². The maximum atomic E-state index is 13.0. The second-order valence-corrected chi connectivity index (χ2v) is 4.40. The number of aromatic nitrogens is 5. The van der Waals surface area contributed by atoms with Gasteiger partial charge in [0.1, 0.15) is 11.5 Å². The lowest BCUT2D eigenvalue weighted by Gasteiger charge is -2.05. The SMILES string of the molecule is COc1ccc(-n2nc(C(=O)O)nc2-c2ccc(F)cn2)cn1. The Morgan fingerprint density at radius 2 is 2.04 bits per heavy atom. The number of hydrogen-bond acceptors (Lipinski definition) is 6. The van der Waals surface area contributed by atoms with Crippen molar-refractivity contribution in [3.05, 3.63) is 48.3 Å². The topological polar surface area (TPSA) is 103 Å². The van der Waals surface area contributed by atoms with Gasteiger partial charge in [-0.3, -0.25) is 0 Å². The van der Waals surface area contributed by atoms with E-state index in [1.807, 2.05) is 0 Å². The van der Waals surface area contributed by atoms with Crippen LogP contribution < -0.4 is 4.74 Å². The summed E-state index contributed by atoms with van der Waals surface area (Å²) in [4.78, 5) is 23.0. The molecular formula is C14H10FN5O3. The lowest BCUT2D eigenvalue weighted by Crippen LogP contribution is -2.03. The Bertz CT molecular complexity index is 846. The normalized spacial score (nSPS) is 10.5. The van der Waals surface area contributed by atoms with Crippen molar-refractivity contribution >= 4 is 5.97 Å². The molecule has 0 saturated heterocycles. The molecule has 1 N–H and O–H groups in total. The van der Waals surface area contributed by atoms with Crippen LogP contribution in [0.5, 0.6) is 5.88 Å². The van der Waals surface area contributed by atoms with Crippen LogP contribution in [-0.4, -0.2) is 42.9 Å². The lowest BCUT2D eigenvalue weighted by molar-refractivity contribution is 0.0683. The second kappa shape index (κ2) is 5.79. The molecule has 0 spiro atoms. The fourth-order valence-electron chi connectivity index (χ4n) is 1.88. The molecular weight excluding hydrogens is 305 g/mol. The number of aromatic carboxylic acids is 1. The van der Waals surface area contributed by atoms with Gasteiger partial charge in [0.15, 0.2) is 5.82 Å². The molecule has 0 aromatic carbocycles. The average molecular weight is 315 g/mol. The third-order valence-electron chi connectivity index (χ3n) is 2.93. The molecule has 3 aromatic heterocycles. The van der Waals surface area contributed by atoms with Crippen LogP contribution in [0.15, 0.2) is 36.7 Å². The van der Waals surface area contributed by atoms with Crippen LogP contribution >= 0.6 is 0 Å². The number of hydrogen-bond donors (Lipinski definition) is 1. The van der Waals surface area contributed by atoms with Crippen molar-refractivity contribution in [1.82, 2.24) is 24.7 Å². The number of carboxylic acid groups (broad SMARTS) is 1. The van der Waals surface area contributed by atoms with Gasteiger partial charge in [0, 0.05) is 6.07 Å².